The summed E-state index contributed by atoms with van der Waals surface area (Å²) in [4.78, 5) is 65.0. The summed E-state index contributed by atoms with van der Waals surface area (Å²) in [6.45, 7) is 17.8. The Bertz CT molecular complexity index is 4690. The number of pyridine rings is 3. The SMILES string of the molecule is Cc1ccc(/C=C/CN2CCC3(CC2)CN(C(=O)c2ccnc(Cl)c2)c2ccc(C(F)(F)F)cc23)cc1.Cc1ccc(/C=C/CN2CCC3(CC2)CN(C(=O)c2ccnc(Cl)c2)c2ccc(Cl)cc23)cc1Cl.Cc1ccc2c(c1)C1(CCN(C/C=C/c3ccc(C)c(Cl)c3)CC1)CN2C(=O)c1ccnc(Cl)c1. The zero-order chi connectivity index (χ0) is 75.4. The summed E-state index contributed by atoms with van der Waals surface area (Å²) in [5.74, 6) is -0.360. The Morgan fingerprint density at radius 2 is 0.748 bits per heavy atom. The van der Waals surface area contributed by atoms with E-state index in [0.717, 1.165) is 140 Å². The molecular formula is C86H82Cl6F3N9O3. The van der Waals surface area contributed by atoms with Crippen LogP contribution >= 0.6 is 69.6 Å². The minimum absolute atomic E-state index is 0.0153. The number of hydrogen-bond acceptors (Lipinski definition) is 9. The first-order chi connectivity index (χ1) is 51.3. The number of fused-ring (bicyclic) bond motifs is 6. The second kappa shape index (κ2) is 32.9. The first-order valence-corrected chi connectivity index (χ1v) is 38.3. The van der Waals surface area contributed by atoms with Crippen LogP contribution in [0.2, 0.25) is 30.5 Å². The number of piperidine rings is 3. The molecule has 107 heavy (non-hydrogen) atoms. The molecule has 12 nitrogen and oxygen atoms in total. The van der Waals surface area contributed by atoms with E-state index in [-0.39, 0.29) is 33.7 Å². The van der Waals surface area contributed by atoms with Crippen LogP contribution in [0.3, 0.4) is 0 Å². The van der Waals surface area contributed by atoms with E-state index in [1.54, 1.807) is 47.6 Å². The highest BCUT2D eigenvalue weighted by Gasteiger charge is 2.50. The van der Waals surface area contributed by atoms with Crippen molar-refractivity contribution in [1.29, 1.82) is 0 Å². The van der Waals surface area contributed by atoms with Gasteiger partial charge in [0.25, 0.3) is 17.7 Å². The van der Waals surface area contributed by atoms with Gasteiger partial charge < -0.3 is 14.7 Å². The molecule has 0 aliphatic carbocycles. The molecule has 3 spiro atoms. The van der Waals surface area contributed by atoms with Gasteiger partial charge in [0.15, 0.2) is 0 Å². The van der Waals surface area contributed by atoms with Crippen LogP contribution in [0.5, 0.6) is 0 Å². The minimum Gasteiger partial charge on any atom is -0.307 e. The maximum Gasteiger partial charge on any atom is 0.416 e. The average molecular weight is 1560 g/mol. The number of hydrogen-bond donors (Lipinski definition) is 0. The molecule has 0 atom stereocenters. The van der Waals surface area contributed by atoms with Crippen LogP contribution in [0.15, 0.2) is 188 Å². The molecule has 0 N–H and O–H groups in total. The molecule has 3 amide bonds. The van der Waals surface area contributed by atoms with Gasteiger partial charge in [-0.15, -0.1) is 0 Å². The van der Waals surface area contributed by atoms with Crippen molar-refractivity contribution in [1.82, 2.24) is 29.7 Å². The lowest BCUT2D eigenvalue weighted by atomic mass is 9.74. The molecule has 9 aromatic rings. The van der Waals surface area contributed by atoms with E-state index in [1.807, 2.05) is 60.0 Å². The first kappa shape index (κ1) is 77.0. The van der Waals surface area contributed by atoms with E-state index in [4.69, 9.17) is 69.6 Å². The molecule has 3 aromatic heterocycles. The van der Waals surface area contributed by atoms with Crippen molar-refractivity contribution in [2.75, 3.05) is 93.2 Å². The Morgan fingerprint density at radius 3 is 1.13 bits per heavy atom. The van der Waals surface area contributed by atoms with Crippen LogP contribution in [-0.2, 0) is 22.4 Å². The maximum absolute atomic E-state index is 13.6. The van der Waals surface area contributed by atoms with Gasteiger partial charge in [-0.05, 0) is 241 Å². The number of aryl methyl sites for hydroxylation is 4. The molecule has 0 saturated carbocycles. The second-order valence-electron chi connectivity index (χ2n) is 29.1. The van der Waals surface area contributed by atoms with E-state index in [1.165, 1.54) is 46.6 Å². The molecule has 0 radical (unpaired) electrons. The van der Waals surface area contributed by atoms with E-state index in [2.05, 4.69) is 141 Å². The Labute approximate surface area is 654 Å². The molecule has 3 fully saturated rings. The number of nitrogens with zero attached hydrogens (tertiary/aromatic N) is 9. The molecule has 0 bridgehead atoms. The number of carbonyl (C=O) groups is 3. The highest BCUT2D eigenvalue weighted by atomic mass is 35.5. The third-order valence-electron chi connectivity index (χ3n) is 22.0. The highest BCUT2D eigenvalue weighted by Crippen LogP contribution is 2.52. The van der Waals surface area contributed by atoms with Crippen LogP contribution in [0.25, 0.3) is 18.2 Å². The number of anilines is 3. The van der Waals surface area contributed by atoms with Gasteiger partial charge in [-0.3, -0.25) is 29.1 Å². The number of carbonyl (C=O) groups excluding carboxylic acids is 3. The average Bonchev–Trinajstić information content (AvgIpc) is 1.61. The van der Waals surface area contributed by atoms with E-state index in [9.17, 15) is 27.6 Å². The molecule has 6 aromatic carbocycles. The fourth-order valence-corrected chi connectivity index (χ4v) is 16.8. The van der Waals surface area contributed by atoms with Gasteiger partial charge in [0.2, 0.25) is 0 Å². The van der Waals surface area contributed by atoms with Gasteiger partial charge in [-0.2, -0.15) is 13.2 Å². The summed E-state index contributed by atoms with van der Waals surface area (Å²) in [5.41, 5.74) is 13.7. The quantitative estimate of drug-likeness (QED) is 0.110. The fraction of sp³-hybridized carbons (Fsp3) is 0.302. The van der Waals surface area contributed by atoms with Gasteiger partial charge in [0, 0.05) is 123 Å². The zero-order valence-corrected chi connectivity index (χ0v) is 64.5. The normalized spacial score (nSPS) is 17.4. The van der Waals surface area contributed by atoms with Crippen molar-refractivity contribution in [2.24, 2.45) is 0 Å². The smallest absolute Gasteiger partial charge is 0.307 e. The lowest BCUT2D eigenvalue weighted by Crippen LogP contribution is -2.46. The number of amides is 3. The molecule has 552 valence electrons. The summed E-state index contributed by atoms with van der Waals surface area (Å²) >= 11 is 37.0. The molecular weight excluding hydrogens is 1480 g/mol. The monoisotopic (exact) mass is 1560 g/mol. The molecule has 6 aliphatic heterocycles. The van der Waals surface area contributed by atoms with Gasteiger partial charge in [-0.25, -0.2) is 15.0 Å². The van der Waals surface area contributed by atoms with Crippen molar-refractivity contribution in [3.05, 3.63) is 297 Å². The van der Waals surface area contributed by atoms with Crippen molar-refractivity contribution in [3.63, 3.8) is 0 Å². The Balaban J connectivity index is 0.000000142. The lowest BCUT2D eigenvalue weighted by Gasteiger charge is -2.39. The van der Waals surface area contributed by atoms with E-state index in [0.29, 0.717) is 75.7 Å². The van der Waals surface area contributed by atoms with Crippen LogP contribution < -0.4 is 14.7 Å². The van der Waals surface area contributed by atoms with Crippen molar-refractivity contribution in [2.45, 2.75) is 88.6 Å². The van der Waals surface area contributed by atoms with Crippen molar-refractivity contribution >= 4 is 123 Å². The third-order valence-corrected chi connectivity index (χ3v) is 23.7. The summed E-state index contributed by atoms with van der Waals surface area (Å²) in [6.07, 6.45) is 18.4. The number of benzene rings is 6. The first-order valence-electron chi connectivity index (χ1n) is 36.0. The van der Waals surface area contributed by atoms with Gasteiger partial charge in [-0.1, -0.05) is 178 Å². The summed E-state index contributed by atoms with van der Waals surface area (Å²) < 4.78 is 40.9. The van der Waals surface area contributed by atoms with Crippen LogP contribution in [0.1, 0.15) is 131 Å². The second-order valence-corrected chi connectivity index (χ2v) is 31.5. The molecule has 21 heteroatoms. The van der Waals surface area contributed by atoms with Gasteiger partial charge >= 0.3 is 6.18 Å². The minimum atomic E-state index is -4.45. The Kier molecular flexibility index (Phi) is 23.7. The third kappa shape index (κ3) is 17.6. The van der Waals surface area contributed by atoms with Gasteiger partial charge in [0.1, 0.15) is 15.5 Å². The van der Waals surface area contributed by atoms with Gasteiger partial charge in [0.05, 0.1) is 5.56 Å². The van der Waals surface area contributed by atoms with Crippen molar-refractivity contribution in [3.8, 4) is 0 Å². The standard InChI is InChI=1S/C29H29Cl2N3O.C29H27ClF3N3O.C28H26Cl3N3O/c1-20-5-8-26-24(16-20)29(19-34(26)28(35)23-9-12-32-27(31)18-23)10-14-33(15-11-29)13-3-4-22-7-6-21(2)25(30)17-22;1-20-4-6-21(7-5-20)3-2-14-35-15-11-28(12-16-35)19-36(27(37)22-10-13-34-26(30)17-22)25-9-8-23(18-24(25)28)29(31,32)33;1-19-4-5-20(15-24(19)30)3-2-12-33-13-9-28(10-14-33)18-34(25-7-6-22(29)17-23(25)28)27(35)21-8-11-32-26(31)16-21/h3-9,12,16-18H,10-11,13-15,19H2,1-2H3;2-10,13,17-18H,11-12,14-16,19H2,1H3;2-8,11,15-17H,9-10,12-14,18H2,1H3/b4-3+;2*3-2+. The predicted molar refractivity (Wildman–Crippen MR) is 430 cm³/mol. The summed E-state index contributed by atoms with van der Waals surface area (Å²) in [6, 6.07) is 46.5. The molecule has 3 saturated heterocycles. The Hall–Kier alpha value is -8.19. The topological polar surface area (TPSA) is 109 Å². The summed E-state index contributed by atoms with van der Waals surface area (Å²) in [5, 5.41) is 3.14. The predicted octanol–water partition coefficient (Wildman–Crippen LogP) is 20.5. The largest absolute Gasteiger partial charge is 0.416 e. The highest BCUT2D eigenvalue weighted by molar-refractivity contribution is 6.32. The number of halogens is 9. The Morgan fingerprint density at radius 1 is 0.402 bits per heavy atom. The number of aromatic nitrogens is 3. The molecule has 9 heterocycles. The number of alkyl halides is 3. The number of rotatable bonds is 12. The molecule has 6 aliphatic rings. The lowest BCUT2D eigenvalue weighted by molar-refractivity contribution is -0.137. The van der Waals surface area contributed by atoms with E-state index >= 15 is 0 Å². The van der Waals surface area contributed by atoms with Crippen LogP contribution in [0, 0.1) is 27.7 Å². The zero-order valence-electron chi connectivity index (χ0n) is 60.0. The van der Waals surface area contributed by atoms with Crippen LogP contribution in [-0.4, -0.2) is 126 Å². The number of likely N-dealkylation sites (tertiary alicyclic amines) is 3. The van der Waals surface area contributed by atoms with E-state index < -0.39 is 17.2 Å². The summed E-state index contributed by atoms with van der Waals surface area (Å²) in [7, 11) is 0. The maximum atomic E-state index is 13.6. The fourth-order valence-electron chi connectivity index (χ4n) is 15.8. The van der Waals surface area contributed by atoms with Crippen LogP contribution in [0.4, 0.5) is 30.2 Å². The molecule has 0 unspecified atom stereocenters. The van der Waals surface area contributed by atoms with Crippen molar-refractivity contribution < 1.29 is 27.6 Å². The molecule has 15 rings (SSSR count).